The fourth-order valence-electron chi connectivity index (χ4n) is 5.69. The van der Waals surface area contributed by atoms with Crippen molar-refractivity contribution in [3.05, 3.63) is 111 Å². The molecule has 9 heteroatoms. The number of nitrogens with one attached hydrogen (secondary N) is 1. The third-order valence-electron chi connectivity index (χ3n) is 8.21. The van der Waals surface area contributed by atoms with Crippen molar-refractivity contribution in [1.29, 1.82) is 0 Å². The van der Waals surface area contributed by atoms with Crippen LogP contribution in [-0.4, -0.2) is 61.4 Å². The molecule has 1 aliphatic heterocycles. The normalized spacial score (nSPS) is 13.8. The Morgan fingerprint density at radius 2 is 1.78 bits per heavy atom. The Balaban J connectivity index is 0.00000480. The number of carbonyl (C=O) groups is 1. The molecule has 5 rings (SSSR count). The molecule has 3 aromatic carbocycles. The number of benzene rings is 3. The molecule has 8 nitrogen and oxygen atoms in total. The summed E-state index contributed by atoms with van der Waals surface area (Å²) in [5.41, 5.74) is 5.34. The Morgan fingerprint density at radius 3 is 2.58 bits per heavy atom. The van der Waals surface area contributed by atoms with Gasteiger partial charge in [0.1, 0.15) is 5.75 Å². The van der Waals surface area contributed by atoms with Gasteiger partial charge in [-0.05, 0) is 85.0 Å². The number of pyridine rings is 1. The summed E-state index contributed by atoms with van der Waals surface area (Å²) < 4.78 is 12.9. The van der Waals surface area contributed by atoms with E-state index in [-0.39, 0.29) is 13.7 Å². The summed E-state index contributed by atoms with van der Waals surface area (Å²) in [7, 11) is 0. The molecule has 0 bridgehead atoms. The Hall–Kier alpha value is -4.21. The predicted molar refractivity (Wildman–Crippen MR) is 188 cm³/mol. The number of fused-ring (bicyclic) bond motifs is 1. The van der Waals surface area contributed by atoms with Gasteiger partial charge >= 0.3 is 6.09 Å². The maximum absolute atomic E-state index is 12.7. The van der Waals surface area contributed by atoms with Crippen molar-refractivity contribution in [3.8, 4) is 5.75 Å². The van der Waals surface area contributed by atoms with Gasteiger partial charge in [-0.25, -0.2) is 4.79 Å². The van der Waals surface area contributed by atoms with E-state index in [9.17, 15) is 9.59 Å². The summed E-state index contributed by atoms with van der Waals surface area (Å²) in [5, 5.41) is 5.43. The number of hydrogen-bond donors (Lipinski definition) is 2. The van der Waals surface area contributed by atoms with E-state index in [4.69, 9.17) is 9.47 Å². The van der Waals surface area contributed by atoms with Crippen LogP contribution in [0.4, 0.5) is 10.5 Å². The summed E-state index contributed by atoms with van der Waals surface area (Å²) in [4.78, 5) is 29.9. The van der Waals surface area contributed by atoms with Crippen molar-refractivity contribution in [2.45, 2.75) is 32.9 Å². The number of nitrogens with zero attached hydrogens (tertiary/aromatic N) is 3. The first kappa shape index (κ1) is 32.2. The molecule has 2 heterocycles. The van der Waals surface area contributed by atoms with Crippen LogP contribution in [-0.2, 0) is 17.9 Å². The highest BCUT2D eigenvalue weighted by Gasteiger charge is 2.19. The van der Waals surface area contributed by atoms with E-state index < -0.39 is 6.09 Å². The predicted octanol–water partition coefficient (Wildman–Crippen LogP) is 6.36. The third-order valence-corrected chi connectivity index (χ3v) is 8.36. The molecule has 0 saturated carbocycles. The quantitative estimate of drug-likeness (QED) is 0.133. The number of alkyl carbamates (subject to hydrolysis) is 1. The molecule has 0 atom stereocenters. The zero-order valence-electron chi connectivity index (χ0n) is 25.9. The number of anilines is 1. The Labute approximate surface area is 272 Å². The minimum Gasteiger partial charge on any atom is -0.494 e. The highest BCUT2D eigenvalue weighted by atomic mass is 32.1. The lowest BCUT2D eigenvalue weighted by atomic mass is 10.0. The van der Waals surface area contributed by atoms with Crippen LogP contribution in [0.25, 0.3) is 17.0 Å². The standard InChI is InChI=1S/C36H42N4O4S.H2/c1-28-8-7-11-33(32(28)17-25-45)39-22-20-38(21-23-39)19-5-6-24-43-31-14-12-30-13-15-35(41)40(34(30)26-31)27-44-36(42)37-18-16-29-9-3-2-4-10-29;/h2-4,7-15,17,25-26,45H,5-6,16,18-24,27H2,1H3,(H,37,42);1H/b25-17-;. The fourth-order valence-corrected chi connectivity index (χ4v) is 5.84. The molecule has 238 valence electrons. The highest BCUT2D eigenvalue weighted by Crippen LogP contribution is 2.27. The third kappa shape index (κ3) is 8.93. The van der Waals surface area contributed by atoms with Crippen molar-refractivity contribution in [1.82, 2.24) is 14.8 Å². The van der Waals surface area contributed by atoms with Gasteiger partial charge < -0.3 is 19.7 Å². The largest absolute Gasteiger partial charge is 0.494 e. The smallest absolute Gasteiger partial charge is 0.408 e. The minimum absolute atomic E-state index is 0. The molecular weight excluding hydrogens is 584 g/mol. The lowest BCUT2D eigenvalue weighted by molar-refractivity contribution is 0.114. The Morgan fingerprint density at radius 1 is 0.978 bits per heavy atom. The molecule has 1 amide bonds. The first-order chi connectivity index (χ1) is 22.0. The second-order valence-electron chi connectivity index (χ2n) is 11.3. The van der Waals surface area contributed by atoms with Crippen LogP contribution in [0, 0.1) is 6.92 Å². The van der Waals surface area contributed by atoms with Crippen molar-refractivity contribution in [2.75, 3.05) is 50.8 Å². The van der Waals surface area contributed by atoms with Gasteiger partial charge in [0, 0.05) is 57.5 Å². The van der Waals surface area contributed by atoms with Gasteiger partial charge in [-0.3, -0.25) is 14.3 Å². The maximum Gasteiger partial charge on any atom is 0.408 e. The number of thiol groups is 1. The second-order valence-corrected chi connectivity index (χ2v) is 11.5. The average molecular weight is 629 g/mol. The van der Waals surface area contributed by atoms with Crippen molar-refractivity contribution >= 4 is 41.4 Å². The molecule has 0 unspecified atom stereocenters. The molecule has 1 aliphatic rings. The first-order valence-corrected chi connectivity index (χ1v) is 16.1. The highest BCUT2D eigenvalue weighted by molar-refractivity contribution is 7.83. The zero-order valence-corrected chi connectivity index (χ0v) is 26.8. The number of ether oxygens (including phenoxy) is 2. The first-order valence-electron chi connectivity index (χ1n) is 15.6. The van der Waals surface area contributed by atoms with E-state index >= 15 is 0 Å². The van der Waals surface area contributed by atoms with Crippen LogP contribution in [0.2, 0.25) is 0 Å². The number of aryl methyl sites for hydroxylation is 1. The molecule has 0 radical (unpaired) electrons. The van der Waals surface area contributed by atoms with Gasteiger partial charge in [0.15, 0.2) is 6.73 Å². The number of rotatable bonds is 13. The van der Waals surface area contributed by atoms with Crippen LogP contribution < -0.4 is 20.5 Å². The second kappa shape index (κ2) is 16.2. The Kier molecular flexibility index (Phi) is 11.6. The summed E-state index contributed by atoms with van der Waals surface area (Å²) in [5.74, 6) is 0.687. The van der Waals surface area contributed by atoms with Crippen LogP contribution in [0.1, 0.15) is 31.0 Å². The molecule has 1 N–H and O–H groups in total. The topological polar surface area (TPSA) is 76.0 Å². The van der Waals surface area contributed by atoms with E-state index in [1.807, 2.05) is 53.9 Å². The van der Waals surface area contributed by atoms with Crippen LogP contribution in [0.5, 0.6) is 5.75 Å². The molecule has 0 aliphatic carbocycles. The van der Waals surface area contributed by atoms with Gasteiger partial charge in [-0.15, -0.1) is 0 Å². The molecular formula is C36H44N4O4S. The van der Waals surface area contributed by atoms with E-state index in [0.29, 0.717) is 30.8 Å². The summed E-state index contributed by atoms with van der Waals surface area (Å²) in [6.07, 6.45) is 4.20. The molecule has 1 fully saturated rings. The Bertz CT molecular complexity index is 1660. The summed E-state index contributed by atoms with van der Waals surface area (Å²) in [6.45, 7) is 8.12. The number of piperazine rings is 1. The fraction of sp³-hybridized carbons (Fsp3) is 0.333. The molecule has 1 saturated heterocycles. The van der Waals surface area contributed by atoms with Gasteiger partial charge in [0.2, 0.25) is 0 Å². The van der Waals surface area contributed by atoms with E-state index in [1.165, 1.54) is 27.4 Å². The van der Waals surface area contributed by atoms with Gasteiger partial charge in [0.25, 0.3) is 5.56 Å². The zero-order chi connectivity index (χ0) is 31.4. The monoisotopic (exact) mass is 628 g/mol. The van der Waals surface area contributed by atoms with Crippen molar-refractivity contribution in [3.63, 3.8) is 0 Å². The number of unbranched alkanes of at least 4 members (excludes halogenated alkanes) is 1. The number of aromatic nitrogens is 1. The molecule has 45 heavy (non-hydrogen) atoms. The maximum atomic E-state index is 12.7. The van der Waals surface area contributed by atoms with E-state index in [0.717, 1.165) is 56.5 Å². The van der Waals surface area contributed by atoms with E-state index in [2.05, 4.69) is 58.9 Å². The molecule has 1 aromatic heterocycles. The summed E-state index contributed by atoms with van der Waals surface area (Å²) in [6, 6.07) is 25.3. The number of amides is 1. The number of carbonyl (C=O) groups excluding carboxylic acids is 1. The lowest BCUT2D eigenvalue weighted by Crippen LogP contribution is -2.46. The van der Waals surface area contributed by atoms with Gasteiger partial charge in [0.05, 0.1) is 12.1 Å². The number of hydrogen-bond acceptors (Lipinski definition) is 7. The van der Waals surface area contributed by atoms with Gasteiger partial charge in [-0.1, -0.05) is 42.5 Å². The van der Waals surface area contributed by atoms with Crippen LogP contribution in [0.3, 0.4) is 0 Å². The van der Waals surface area contributed by atoms with Crippen LogP contribution in [0.15, 0.2) is 89.1 Å². The average Bonchev–Trinajstić information content (AvgIpc) is 3.06. The van der Waals surface area contributed by atoms with E-state index in [1.54, 1.807) is 6.07 Å². The van der Waals surface area contributed by atoms with Crippen molar-refractivity contribution in [2.24, 2.45) is 0 Å². The SMILES string of the molecule is Cc1cccc(N2CCN(CCCCOc3ccc4ccc(=O)n(COC(=O)NCCc5ccccc5)c4c3)CC2)c1/C=C\S.[HH]. The van der Waals surface area contributed by atoms with Crippen molar-refractivity contribution < 1.29 is 15.7 Å². The van der Waals surface area contributed by atoms with Crippen LogP contribution >= 0.6 is 12.6 Å². The lowest BCUT2D eigenvalue weighted by Gasteiger charge is -2.37. The van der Waals surface area contributed by atoms with Gasteiger partial charge in [-0.2, -0.15) is 12.6 Å². The molecule has 0 spiro atoms. The molecule has 4 aromatic rings. The summed E-state index contributed by atoms with van der Waals surface area (Å²) >= 11 is 4.29. The minimum atomic E-state index is -0.561.